The molecule has 0 radical (unpaired) electrons. The molecule has 3 aromatic carbocycles. The van der Waals surface area contributed by atoms with E-state index >= 15 is 0 Å². The average molecular weight is 320 g/mol. The van der Waals surface area contributed by atoms with Gasteiger partial charge in [-0.2, -0.15) is 0 Å². The highest BCUT2D eigenvalue weighted by molar-refractivity contribution is 5.48. The molecule has 0 aromatic heterocycles. The van der Waals surface area contributed by atoms with E-state index < -0.39 is 0 Å². The molecule has 3 rings (SSSR count). The Morgan fingerprint density at radius 1 is 0.480 bits per heavy atom. The SMILES string of the molecule is CC(C)c1ccc(C#Cc2ccc(C#Cc3ccccc3)cc2)cc1. The van der Waals surface area contributed by atoms with E-state index in [1.807, 2.05) is 54.6 Å². The Bertz CT molecular complexity index is 936. The lowest BCUT2D eigenvalue weighted by atomic mass is 10.0. The molecule has 0 saturated heterocycles. The molecule has 0 amide bonds. The second-order valence-electron chi connectivity index (χ2n) is 6.22. The molecule has 0 aliphatic rings. The highest BCUT2D eigenvalue weighted by Gasteiger charge is 1.97. The molecule has 0 aliphatic carbocycles. The van der Waals surface area contributed by atoms with E-state index in [-0.39, 0.29) is 0 Å². The van der Waals surface area contributed by atoms with Crippen LogP contribution >= 0.6 is 0 Å². The predicted molar refractivity (Wildman–Crippen MR) is 105 cm³/mol. The fraction of sp³-hybridized carbons (Fsp3) is 0.120. The van der Waals surface area contributed by atoms with Crippen molar-refractivity contribution in [1.82, 2.24) is 0 Å². The third-order valence-electron chi connectivity index (χ3n) is 3.94. The van der Waals surface area contributed by atoms with Crippen LogP contribution in [0, 0.1) is 23.7 Å². The van der Waals surface area contributed by atoms with E-state index in [4.69, 9.17) is 0 Å². The van der Waals surface area contributed by atoms with Gasteiger partial charge in [0.25, 0.3) is 0 Å². The summed E-state index contributed by atoms with van der Waals surface area (Å²) in [6.45, 7) is 4.39. The van der Waals surface area contributed by atoms with Crippen LogP contribution in [-0.2, 0) is 0 Å². The van der Waals surface area contributed by atoms with Crippen molar-refractivity contribution in [2.45, 2.75) is 19.8 Å². The molecule has 0 spiro atoms. The van der Waals surface area contributed by atoms with Gasteiger partial charge in [-0.25, -0.2) is 0 Å². The van der Waals surface area contributed by atoms with E-state index in [1.54, 1.807) is 0 Å². The van der Waals surface area contributed by atoms with Crippen molar-refractivity contribution in [1.29, 1.82) is 0 Å². The summed E-state index contributed by atoms with van der Waals surface area (Å²) in [7, 11) is 0. The maximum absolute atomic E-state index is 3.22. The Labute approximate surface area is 150 Å². The van der Waals surface area contributed by atoms with Crippen molar-refractivity contribution in [2.24, 2.45) is 0 Å². The van der Waals surface area contributed by atoms with Crippen LogP contribution < -0.4 is 0 Å². The topological polar surface area (TPSA) is 0 Å². The lowest BCUT2D eigenvalue weighted by molar-refractivity contribution is 0.866. The van der Waals surface area contributed by atoms with Crippen LogP contribution in [0.3, 0.4) is 0 Å². The third kappa shape index (κ3) is 4.87. The molecule has 0 saturated carbocycles. The first-order chi connectivity index (χ1) is 12.2. The quantitative estimate of drug-likeness (QED) is 0.511. The second-order valence-corrected chi connectivity index (χ2v) is 6.22. The van der Waals surface area contributed by atoms with Gasteiger partial charge < -0.3 is 0 Å². The Balaban J connectivity index is 1.70. The van der Waals surface area contributed by atoms with Crippen molar-refractivity contribution >= 4 is 0 Å². The van der Waals surface area contributed by atoms with Gasteiger partial charge in [0.05, 0.1) is 0 Å². The fourth-order valence-electron chi connectivity index (χ4n) is 2.40. The van der Waals surface area contributed by atoms with Crippen LogP contribution in [0.25, 0.3) is 0 Å². The zero-order valence-corrected chi connectivity index (χ0v) is 14.6. The molecule has 0 atom stereocenters. The van der Waals surface area contributed by atoms with Gasteiger partial charge in [0.15, 0.2) is 0 Å². The van der Waals surface area contributed by atoms with E-state index in [9.17, 15) is 0 Å². The summed E-state index contributed by atoms with van der Waals surface area (Å²) in [5.41, 5.74) is 5.40. The minimum absolute atomic E-state index is 0.548. The van der Waals surface area contributed by atoms with Gasteiger partial charge in [-0.1, -0.05) is 67.9 Å². The van der Waals surface area contributed by atoms with E-state index in [0.29, 0.717) is 5.92 Å². The standard InChI is InChI=1S/C25H20/c1-20(2)25-18-16-24(17-19-25)15-14-23-12-10-22(11-13-23)9-8-21-6-4-3-5-7-21/h3-7,10-13,16-20H,1-2H3. The smallest absolute Gasteiger partial charge is 0.0249 e. The average Bonchev–Trinajstić information content (AvgIpc) is 2.67. The monoisotopic (exact) mass is 320 g/mol. The highest BCUT2D eigenvalue weighted by Crippen LogP contribution is 2.14. The van der Waals surface area contributed by atoms with Gasteiger partial charge in [0.2, 0.25) is 0 Å². The van der Waals surface area contributed by atoms with Gasteiger partial charge >= 0.3 is 0 Å². The Morgan fingerprint density at radius 2 is 0.840 bits per heavy atom. The van der Waals surface area contributed by atoms with Crippen molar-refractivity contribution in [2.75, 3.05) is 0 Å². The zero-order valence-electron chi connectivity index (χ0n) is 14.6. The van der Waals surface area contributed by atoms with Crippen LogP contribution in [0.15, 0.2) is 78.9 Å². The summed E-state index contributed by atoms with van der Waals surface area (Å²) in [5.74, 6) is 13.3. The van der Waals surface area contributed by atoms with E-state index in [1.165, 1.54) is 5.56 Å². The van der Waals surface area contributed by atoms with E-state index in [2.05, 4.69) is 61.8 Å². The van der Waals surface area contributed by atoms with Gasteiger partial charge in [-0.05, 0) is 60.0 Å². The highest BCUT2D eigenvalue weighted by atomic mass is 14.0. The lowest BCUT2D eigenvalue weighted by Gasteiger charge is -2.03. The molecule has 0 nitrogen and oxygen atoms in total. The molecule has 0 heteroatoms. The molecule has 0 heterocycles. The summed E-state index contributed by atoms with van der Waals surface area (Å²) >= 11 is 0. The van der Waals surface area contributed by atoms with Crippen molar-refractivity contribution in [3.63, 3.8) is 0 Å². The van der Waals surface area contributed by atoms with Gasteiger partial charge in [-0.15, -0.1) is 0 Å². The molecule has 25 heavy (non-hydrogen) atoms. The summed E-state index contributed by atoms with van der Waals surface area (Å²) in [6, 6.07) is 26.5. The molecule has 0 fully saturated rings. The number of rotatable bonds is 1. The lowest BCUT2D eigenvalue weighted by Crippen LogP contribution is -1.86. The van der Waals surface area contributed by atoms with Crippen molar-refractivity contribution < 1.29 is 0 Å². The molecule has 3 aromatic rings. The minimum Gasteiger partial charge on any atom is -0.0622 e. The fourth-order valence-corrected chi connectivity index (χ4v) is 2.40. The van der Waals surface area contributed by atoms with E-state index in [0.717, 1.165) is 22.3 Å². The second kappa shape index (κ2) is 8.05. The molecule has 120 valence electrons. The van der Waals surface area contributed by atoms with Gasteiger partial charge in [0, 0.05) is 22.3 Å². The van der Waals surface area contributed by atoms with Crippen LogP contribution in [-0.4, -0.2) is 0 Å². The van der Waals surface area contributed by atoms with Crippen molar-refractivity contribution in [3.8, 4) is 23.7 Å². The van der Waals surface area contributed by atoms with Gasteiger partial charge in [0.1, 0.15) is 0 Å². The normalized spacial score (nSPS) is 9.72. The summed E-state index contributed by atoms with van der Waals surface area (Å²) < 4.78 is 0. The van der Waals surface area contributed by atoms with Crippen molar-refractivity contribution in [3.05, 3.63) is 107 Å². The van der Waals surface area contributed by atoms with Gasteiger partial charge in [-0.3, -0.25) is 0 Å². The van der Waals surface area contributed by atoms with Crippen LogP contribution in [0.1, 0.15) is 47.6 Å². The first-order valence-electron chi connectivity index (χ1n) is 8.50. The summed E-state index contributed by atoms with van der Waals surface area (Å²) in [6.07, 6.45) is 0. The largest absolute Gasteiger partial charge is 0.0622 e. The molecule has 0 bridgehead atoms. The molecule has 0 unspecified atom stereocenters. The molecular formula is C25H20. The third-order valence-corrected chi connectivity index (χ3v) is 3.94. The zero-order chi connectivity index (χ0) is 17.5. The number of benzene rings is 3. The summed E-state index contributed by atoms with van der Waals surface area (Å²) in [4.78, 5) is 0. The Hall–Kier alpha value is -3.22. The van der Waals surface area contributed by atoms with Crippen LogP contribution in [0.2, 0.25) is 0 Å². The molecule has 0 N–H and O–H groups in total. The predicted octanol–water partition coefficient (Wildman–Crippen LogP) is 5.61. The maximum atomic E-state index is 3.22. The summed E-state index contributed by atoms with van der Waals surface area (Å²) in [5, 5.41) is 0. The minimum atomic E-state index is 0.548. The first-order valence-corrected chi connectivity index (χ1v) is 8.50. The molecular weight excluding hydrogens is 300 g/mol. The first kappa shape index (κ1) is 16.6. The van der Waals surface area contributed by atoms with Crippen LogP contribution in [0.4, 0.5) is 0 Å². The molecule has 0 aliphatic heterocycles. The Kier molecular flexibility index (Phi) is 5.36. The number of hydrogen-bond donors (Lipinski definition) is 0. The maximum Gasteiger partial charge on any atom is 0.0249 e. The van der Waals surface area contributed by atoms with Crippen LogP contribution in [0.5, 0.6) is 0 Å². The number of hydrogen-bond acceptors (Lipinski definition) is 0. The Morgan fingerprint density at radius 3 is 1.24 bits per heavy atom.